The van der Waals surface area contributed by atoms with Gasteiger partial charge in [0.1, 0.15) is 5.78 Å². The molecule has 2 nitrogen and oxygen atoms in total. The van der Waals surface area contributed by atoms with Crippen molar-refractivity contribution < 1.29 is 4.79 Å². The Morgan fingerprint density at radius 3 is 2.17 bits per heavy atom. The number of ketones is 1. The summed E-state index contributed by atoms with van der Waals surface area (Å²) in [6.07, 6.45) is 3.45. The summed E-state index contributed by atoms with van der Waals surface area (Å²) in [5, 5.41) is 4.15. The lowest BCUT2D eigenvalue weighted by Gasteiger charge is -2.23. The zero-order valence-electron chi connectivity index (χ0n) is 13.2. The molecule has 0 spiro atoms. The number of carbonyl (C=O) groups is 1. The predicted molar refractivity (Wildman–Crippen MR) is 95.2 cm³/mol. The van der Waals surface area contributed by atoms with Gasteiger partial charge in [-0.05, 0) is 54.1 Å². The summed E-state index contributed by atoms with van der Waals surface area (Å²) in [5.74, 6) is 0.849. The van der Waals surface area contributed by atoms with Crippen molar-refractivity contribution in [2.75, 3.05) is 13.1 Å². The van der Waals surface area contributed by atoms with Crippen LogP contribution >= 0.6 is 11.6 Å². The van der Waals surface area contributed by atoms with E-state index in [1.807, 2.05) is 24.3 Å². The van der Waals surface area contributed by atoms with Crippen molar-refractivity contribution in [2.24, 2.45) is 0 Å². The van der Waals surface area contributed by atoms with E-state index in [1.54, 1.807) is 0 Å². The average molecular weight is 328 g/mol. The normalized spacial score (nSPS) is 17.9. The van der Waals surface area contributed by atoms with Gasteiger partial charge in [-0.25, -0.2) is 0 Å². The first-order valence-electron chi connectivity index (χ1n) is 8.26. The molecule has 1 N–H and O–H groups in total. The molecule has 0 amide bonds. The van der Waals surface area contributed by atoms with E-state index in [2.05, 4.69) is 29.6 Å². The van der Waals surface area contributed by atoms with Crippen molar-refractivity contribution in [1.82, 2.24) is 5.32 Å². The quantitative estimate of drug-likeness (QED) is 0.893. The standard InChI is InChI=1S/C20H22ClNO/c21-19-9-5-16(6-10-19)13-20(23)12-15-3-7-17(8-4-15)18-2-1-11-22-14-18/h3-10,18,22H,1-2,11-14H2. The highest BCUT2D eigenvalue weighted by Gasteiger charge is 2.15. The van der Waals surface area contributed by atoms with Crippen LogP contribution in [0.2, 0.25) is 5.02 Å². The van der Waals surface area contributed by atoms with Crippen LogP contribution in [0.4, 0.5) is 0 Å². The van der Waals surface area contributed by atoms with Crippen molar-refractivity contribution in [3.8, 4) is 0 Å². The minimum absolute atomic E-state index is 0.236. The third-order valence-electron chi connectivity index (χ3n) is 4.46. The van der Waals surface area contributed by atoms with Crippen molar-refractivity contribution in [3.05, 3.63) is 70.2 Å². The number of halogens is 1. The van der Waals surface area contributed by atoms with E-state index in [9.17, 15) is 4.79 Å². The predicted octanol–water partition coefficient (Wildman–Crippen LogP) is 4.16. The van der Waals surface area contributed by atoms with Gasteiger partial charge in [0.2, 0.25) is 0 Å². The van der Waals surface area contributed by atoms with Crippen LogP contribution in [0.1, 0.15) is 35.4 Å². The van der Waals surface area contributed by atoms with Crippen molar-refractivity contribution in [2.45, 2.75) is 31.6 Å². The minimum Gasteiger partial charge on any atom is -0.316 e. The molecule has 2 aromatic carbocycles. The second-order valence-electron chi connectivity index (χ2n) is 6.30. The number of benzene rings is 2. The van der Waals surface area contributed by atoms with Gasteiger partial charge >= 0.3 is 0 Å². The molecule has 2 aromatic rings. The zero-order chi connectivity index (χ0) is 16.1. The molecule has 0 aliphatic carbocycles. The van der Waals surface area contributed by atoms with E-state index in [0.29, 0.717) is 23.8 Å². The molecule has 3 heteroatoms. The molecule has 1 aliphatic rings. The fourth-order valence-electron chi connectivity index (χ4n) is 3.16. The van der Waals surface area contributed by atoms with Crippen LogP contribution in [-0.4, -0.2) is 18.9 Å². The van der Waals surface area contributed by atoms with Crippen LogP contribution < -0.4 is 5.32 Å². The molecule has 1 fully saturated rings. The van der Waals surface area contributed by atoms with Crippen LogP contribution in [-0.2, 0) is 17.6 Å². The molecule has 0 bridgehead atoms. The number of nitrogens with one attached hydrogen (secondary N) is 1. The Bertz CT molecular complexity index is 642. The SMILES string of the molecule is O=C(Cc1ccc(Cl)cc1)Cc1ccc(C2CCCNC2)cc1. The Balaban J connectivity index is 1.57. The monoisotopic (exact) mass is 327 g/mol. The van der Waals surface area contributed by atoms with E-state index in [4.69, 9.17) is 11.6 Å². The minimum atomic E-state index is 0.236. The average Bonchev–Trinajstić information content (AvgIpc) is 2.58. The van der Waals surface area contributed by atoms with E-state index >= 15 is 0 Å². The van der Waals surface area contributed by atoms with Gasteiger partial charge in [-0.1, -0.05) is 48.0 Å². The summed E-state index contributed by atoms with van der Waals surface area (Å²) in [6, 6.07) is 16.1. The Morgan fingerprint density at radius 1 is 1.00 bits per heavy atom. The van der Waals surface area contributed by atoms with Gasteiger partial charge in [-0.2, -0.15) is 0 Å². The maximum atomic E-state index is 12.2. The first-order valence-corrected chi connectivity index (χ1v) is 8.64. The van der Waals surface area contributed by atoms with Gasteiger partial charge < -0.3 is 5.32 Å². The smallest absolute Gasteiger partial charge is 0.141 e. The first-order chi connectivity index (χ1) is 11.2. The lowest BCUT2D eigenvalue weighted by Crippen LogP contribution is -2.28. The van der Waals surface area contributed by atoms with Gasteiger partial charge in [0.05, 0.1) is 0 Å². The van der Waals surface area contributed by atoms with E-state index in [-0.39, 0.29) is 5.78 Å². The molecule has 1 atom stereocenters. The van der Waals surface area contributed by atoms with Gasteiger partial charge in [0.25, 0.3) is 0 Å². The van der Waals surface area contributed by atoms with Crippen molar-refractivity contribution in [3.63, 3.8) is 0 Å². The number of hydrogen-bond acceptors (Lipinski definition) is 2. The summed E-state index contributed by atoms with van der Waals surface area (Å²) >= 11 is 5.87. The van der Waals surface area contributed by atoms with E-state index < -0.39 is 0 Å². The first kappa shape index (κ1) is 16.2. The maximum Gasteiger partial charge on any atom is 0.141 e. The third-order valence-corrected chi connectivity index (χ3v) is 4.72. The molecule has 1 unspecified atom stereocenters. The summed E-state index contributed by atoms with van der Waals surface area (Å²) < 4.78 is 0. The Kier molecular flexibility index (Phi) is 5.47. The van der Waals surface area contributed by atoms with Crippen LogP contribution in [0.15, 0.2) is 48.5 Å². The largest absolute Gasteiger partial charge is 0.316 e. The molecule has 0 aromatic heterocycles. The highest BCUT2D eigenvalue weighted by molar-refractivity contribution is 6.30. The highest BCUT2D eigenvalue weighted by atomic mass is 35.5. The molecular formula is C20H22ClNO. The fourth-order valence-corrected chi connectivity index (χ4v) is 3.29. The number of Topliss-reactive ketones (excluding diaryl/α,β-unsaturated/α-hetero) is 1. The molecule has 1 saturated heterocycles. The molecule has 3 rings (SSSR count). The molecule has 120 valence electrons. The summed E-state index contributed by atoms with van der Waals surface area (Å²) in [7, 11) is 0. The van der Waals surface area contributed by atoms with Crippen LogP contribution in [0, 0.1) is 0 Å². The molecular weight excluding hydrogens is 306 g/mol. The maximum absolute atomic E-state index is 12.2. The summed E-state index contributed by atoms with van der Waals surface area (Å²) in [6.45, 7) is 2.20. The summed E-state index contributed by atoms with van der Waals surface area (Å²) in [4.78, 5) is 12.2. The number of piperidine rings is 1. The van der Waals surface area contributed by atoms with E-state index in [0.717, 1.165) is 24.2 Å². The molecule has 23 heavy (non-hydrogen) atoms. The topological polar surface area (TPSA) is 29.1 Å². The summed E-state index contributed by atoms with van der Waals surface area (Å²) in [5.41, 5.74) is 3.49. The number of hydrogen-bond donors (Lipinski definition) is 1. The van der Waals surface area contributed by atoms with Gasteiger partial charge in [-0.15, -0.1) is 0 Å². The van der Waals surface area contributed by atoms with Crippen LogP contribution in [0.3, 0.4) is 0 Å². The number of rotatable bonds is 5. The number of carbonyl (C=O) groups excluding carboxylic acids is 1. The van der Waals surface area contributed by atoms with E-state index in [1.165, 1.54) is 18.4 Å². The lowest BCUT2D eigenvalue weighted by atomic mass is 9.90. The highest BCUT2D eigenvalue weighted by Crippen LogP contribution is 2.23. The second kappa shape index (κ2) is 7.76. The Labute approximate surface area is 142 Å². The Hall–Kier alpha value is -1.64. The molecule has 1 aliphatic heterocycles. The zero-order valence-corrected chi connectivity index (χ0v) is 14.0. The lowest BCUT2D eigenvalue weighted by molar-refractivity contribution is -0.117. The van der Waals surface area contributed by atoms with Crippen LogP contribution in [0.5, 0.6) is 0 Å². The second-order valence-corrected chi connectivity index (χ2v) is 6.74. The molecule has 0 saturated carbocycles. The molecule has 1 heterocycles. The van der Waals surface area contributed by atoms with Gasteiger partial charge in [0, 0.05) is 24.4 Å². The van der Waals surface area contributed by atoms with Crippen LogP contribution in [0.25, 0.3) is 0 Å². The third kappa shape index (κ3) is 4.66. The van der Waals surface area contributed by atoms with Crippen molar-refractivity contribution >= 4 is 17.4 Å². The van der Waals surface area contributed by atoms with Gasteiger partial charge in [-0.3, -0.25) is 4.79 Å². The molecule has 0 radical (unpaired) electrons. The Morgan fingerprint density at radius 2 is 1.61 bits per heavy atom. The fraction of sp³-hybridized carbons (Fsp3) is 0.350. The van der Waals surface area contributed by atoms with Gasteiger partial charge in [0.15, 0.2) is 0 Å². The van der Waals surface area contributed by atoms with Crippen molar-refractivity contribution in [1.29, 1.82) is 0 Å².